The summed E-state index contributed by atoms with van der Waals surface area (Å²) in [6, 6.07) is 7.80. The summed E-state index contributed by atoms with van der Waals surface area (Å²) in [4.78, 5) is 0.352. The van der Waals surface area contributed by atoms with E-state index in [-0.39, 0.29) is 5.56 Å². The predicted octanol–water partition coefficient (Wildman–Crippen LogP) is 5.72. The summed E-state index contributed by atoms with van der Waals surface area (Å²) in [5, 5.41) is 5.72. The number of rotatable bonds is 1. The van der Waals surface area contributed by atoms with Gasteiger partial charge in [0.15, 0.2) is 23.3 Å². The van der Waals surface area contributed by atoms with E-state index in [0.29, 0.717) is 10.9 Å². The van der Waals surface area contributed by atoms with Crippen LogP contribution < -0.4 is 0 Å². The molecule has 2 aromatic heterocycles. The summed E-state index contributed by atoms with van der Waals surface area (Å²) in [5.74, 6) is -6.32. The van der Waals surface area contributed by atoms with E-state index >= 15 is 0 Å². The van der Waals surface area contributed by atoms with Crippen LogP contribution in [0.4, 0.5) is 17.6 Å². The van der Waals surface area contributed by atoms with Crippen molar-refractivity contribution < 1.29 is 17.6 Å². The van der Waals surface area contributed by atoms with E-state index in [4.69, 9.17) is 0 Å². The van der Waals surface area contributed by atoms with Gasteiger partial charge in [0.25, 0.3) is 0 Å². The van der Waals surface area contributed by atoms with Crippen LogP contribution in [0.1, 0.15) is 0 Å². The van der Waals surface area contributed by atoms with Crippen LogP contribution in [-0.4, -0.2) is 0 Å². The van der Waals surface area contributed by atoms with Gasteiger partial charge in [-0.25, -0.2) is 17.6 Å². The van der Waals surface area contributed by atoms with E-state index in [0.717, 1.165) is 11.3 Å². The largest absolute Gasteiger partial charge is 0.204 e. The Balaban J connectivity index is 0.000000247. The van der Waals surface area contributed by atoms with Gasteiger partial charge in [-0.3, -0.25) is 0 Å². The normalized spacial score (nSPS) is 10.0. The van der Waals surface area contributed by atoms with Gasteiger partial charge in [0, 0.05) is 10.4 Å². The van der Waals surface area contributed by atoms with Crippen molar-refractivity contribution in [2.45, 2.75) is 0 Å². The zero-order valence-corrected chi connectivity index (χ0v) is 11.6. The van der Waals surface area contributed by atoms with E-state index in [1.807, 2.05) is 22.9 Å². The van der Waals surface area contributed by atoms with Gasteiger partial charge in [-0.2, -0.15) is 11.3 Å². The third-order valence-electron chi connectivity index (χ3n) is 2.31. The highest BCUT2D eigenvalue weighted by Crippen LogP contribution is 2.30. The van der Waals surface area contributed by atoms with Crippen molar-refractivity contribution in [1.82, 2.24) is 0 Å². The van der Waals surface area contributed by atoms with Crippen LogP contribution >= 0.6 is 22.7 Å². The number of hydrogen-bond donors (Lipinski definition) is 0. The van der Waals surface area contributed by atoms with Crippen LogP contribution in [0.3, 0.4) is 0 Å². The first-order chi connectivity index (χ1) is 9.61. The first-order valence-corrected chi connectivity index (χ1v) is 7.27. The molecule has 0 aliphatic carbocycles. The SMILES string of the molecule is Fc1cc(-c2cccs2)c(F)c(F)c1F.c1ccsc1. The van der Waals surface area contributed by atoms with Crippen LogP contribution in [0.25, 0.3) is 10.4 Å². The van der Waals surface area contributed by atoms with Gasteiger partial charge in [-0.15, -0.1) is 11.3 Å². The summed E-state index contributed by atoms with van der Waals surface area (Å²) >= 11 is 2.83. The van der Waals surface area contributed by atoms with E-state index in [9.17, 15) is 17.6 Å². The molecule has 0 aliphatic rings. The maximum atomic E-state index is 13.2. The molecule has 0 bridgehead atoms. The van der Waals surface area contributed by atoms with Crippen LogP contribution in [0.5, 0.6) is 0 Å². The lowest BCUT2D eigenvalue weighted by molar-refractivity contribution is 0.411. The van der Waals surface area contributed by atoms with Gasteiger partial charge in [0.05, 0.1) is 0 Å². The van der Waals surface area contributed by atoms with Crippen molar-refractivity contribution in [3.05, 3.63) is 69.7 Å². The first kappa shape index (κ1) is 14.7. The third-order valence-corrected chi connectivity index (χ3v) is 3.85. The topological polar surface area (TPSA) is 0 Å². The minimum atomic E-state index is -1.78. The van der Waals surface area contributed by atoms with Crippen LogP contribution in [0.2, 0.25) is 0 Å². The zero-order chi connectivity index (χ0) is 14.5. The lowest BCUT2D eigenvalue weighted by atomic mass is 10.1. The molecule has 1 aromatic carbocycles. The second-order valence-corrected chi connectivity index (χ2v) is 5.38. The Labute approximate surface area is 120 Å². The van der Waals surface area contributed by atoms with Crippen molar-refractivity contribution in [1.29, 1.82) is 0 Å². The fourth-order valence-electron chi connectivity index (χ4n) is 1.41. The predicted molar refractivity (Wildman–Crippen MR) is 73.9 cm³/mol. The van der Waals surface area contributed by atoms with Gasteiger partial charge >= 0.3 is 0 Å². The Bertz CT molecular complexity index is 644. The number of halogens is 4. The van der Waals surface area contributed by atoms with Crippen molar-refractivity contribution in [3.63, 3.8) is 0 Å². The number of benzene rings is 1. The highest BCUT2D eigenvalue weighted by atomic mass is 32.1. The van der Waals surface area contributed by atoms with Gasteiger partial charge in [0.2, 0.25) is 0 Å². The average Bonchev–Trinajstić information content (AvgIpc) is 3.15. The lowest BCUT2D eigenvalue weighted by Crippen LogP contribution is -1.97. The molecule has 0 nitrogen and oxygen atoms in total. The summed E-state index contributed by atoms with van der Waals surface area (Å²) in [5.41, 5.74) is -0.263. The fourth-order valence-corrected chi connectivity index (χ4v) is 2.60. The summed E-state index contributed by atoms with van der Waals surface area (Å²) in [6.45, 7) is 0. The quantitative estimate of drug-likeness (QED) is 0.306. The van der Waals surface area contributed by atoms with Gasteiger partial charge in [0.1, 0.15) is 0 Å². The molecule has 0 aliphatic heterocycles. The molecule has 20 heavy (non-hydrogen) atoms. The second kappa shape index (κ2) is 6.67. The minimum absolute atomic E-state index is 0.263. The Morgan fingerprint density at radius 1 is 0.750 bits per heavy atom. The monoisotopic (exact) mass is 316 g/mol. The maximum Gasteiger partial charge on any atom is 0.198 e. The van der Waals surface area contributed by atoms with E-state index in [1.165, 1.54) is 6.07 Å². The molecule has 0 fully saturated rings. The molecule has 2 heterocycles. The molecule has 0 amide bonds. The van der Waals surface area contributed by atoms with E-state index in [2.05, 4.69) is 0 Å². The van der Waals surface area contributed by atoms with Crippen molar-refractivity contribution in [3.8, 4) is 10.4 Å². The molecule has 3 rings (SSSR count). The first-order valence-electron chi connectivity index (χ1n) is 5.45. The minimum Gasteiger partial charge on any atom is -0.204 e. The summed E-state index contributed by atoms with van der Waals surface area (Å²) < 4.78 is 51.6. The molecule has 0 N–H and O–H groups in total. The molecule has 0 radical (unpaired) electrons. The molecule has 3 aromatic rings. The van der Waals surface area contributed by atoms with Crippen LogP contribution in [0.15, 0.2) is 46.5 Å². The molecule has 0 saturated heterocycles. The second-order valence-electron chi connectivity index (χ2n) is 3.62. The lowest BCUT2D eigenvalue weighted by Gasteiger charge is -2.03. The van der Waals surface area contributed by atoms with Crippen LogP contribution in [-0.2, 0) is 0 Å². The van der Waals surface area contributed by atoms with Gasteiger partial charge < -0.3 is 0 Å². The highest BCUT2D eigenvalue weighted by Gasteiger charge is 2.19. The third kappa shape index (κ3) is 3.26. The Kier molecular flexibility index (Phi) is 4.92. The summed E-state index contributed by atoms with van der Waals surface area (Å²) in [6.07, 6.45) is 0. The van der Waals surface area contributed by atoms with Gasteiger partial charge in [-0.05, 0) is 28.3 Å². The molecule has 0 spiro atoms. The zero-order valence-electron chi connectivity index (χ0n) is 9.95. The average molecular weight is 316 g/mol. The molecule has 0 atom stereocenters. The molecule has 104 valence electrons. The van der Waals surface area contributed by atoms with Gasteiger partial charge in [-0.1, -0.05) is 18.2 Å². The van der Waals surface area contributed by atoms with Crippen LogP contribution in [0, 0.1) is 23.3 Å². The number of hydrogen-bond acceptors (Lipinski definition) is 2. The van der Waals surface area contributed by atoms with Crippen molar-refractivity contribution in [2.75, 3.05) is 0 Å². The fraction of sp³-hybridized carbons (Fsp3) is 0. The smallest absolute Gasteiger partial charge is 0.198 e. The molecule has 6 heteroatoms. The van der Waals surface area contributed by atoms with Crippen molar-refractivity contribution >= 4 is 22.7 Å². The summed E-state index contributed by atoms with van der Waals surface area (Å²) in [7, 11) is 0. The number of thiophene rings is 2. The highest BCUT2D eigenvalue weighted by molar-refractivity contribution is 7.13. The molecular weight excluding hydrogens is 308 g/mol. The standard InChI is InChI=1S/C10H4F4S.C4H4S/c11-6-4-5(7-2-1-3-15-7)8(12)10(14)9(6)13;1-2-4-5-3-1/h1-4H;1-4H. The van der Waals surface area contributed by atoms with E-state index < -0.39 is 23.3 Å². The Hall–Kier alpha value is -1.66. The Morgan fingerprint density at radius 2 is 1.45 bits per heavy atom. The molecule has 0 unspecified atom stereocenters. The van der Waals surface area contributed by atoms with Crippen molar-refractivity contribution in [2.24, 2.45) is 0 Å². The maximum absolute atomic E-state index is 13.2. The Morgan fingerprint density at radius 3 is 1.95 bits per heavy atom. The molecular formula is C14H8F4S2. The van der Waals surface area contributed by atoms with E-state index in [1.54, 1.807) is 22.8 Å². The molecule has 0 saturated carbocycles.